The molecule has 14 heavy (non-hydrogen) atoms. The summed E-state index contributed by atoms with van der Waals surface area (Å²) in [6, 6.07) is 7.74. The lowest BCUT2D eigenvalue weighted by Gasteiger charge is -2.05. The molecular formula is C11H12BrNO. The monoisotopic (exact) mass is 253 g/mol. The van der Waals surface area contributed by atoms with Gasteiger partial charge in [-0.3, -0.25) is 0 Å². The van der Waals surface area contributed by atoms with Crippen LogP contribution in [0, 0.1) is 12.3 Å². The predicted octanol–water partition coefficient (Wildman–Crippen LogP) is 2.05. The van der Waals surface area contributed by atoms with Gasteiger partial charge in [0.2, 0.25) is 0 Å². The summed E-state index contributed by atoms with van der Waals surface area (Å²) in [5.41, 5.74) is 0. The average molecular weight is 254 g/mol. The lowest BCUT2D eigenvalue weighted by atomic mass is 10.3. The number of ether oxygens (including phenoxy) is 1. The van der Waals surface area contributed by atoms with Crippen LogP contribution >= 0.6 is 15.9 Å². The third-order valence-corrected chi connectivity index (χ3v) is 2.12. The fourth-order valence-electron chi connectivity index (χ4n) is 0.932. The zero-order valence-corrected chi connectivity index (χ0v) is 9.38. The van der Waals surface area contributed by atoms with Gasteiger partial charge < -0.3 is 10.1 Å². The van der Waals surface area contributed by atoms with Gasteiger partial charge in [0.15, 0.2) is 0 Å². The van der Waals surface area contributed by atoms with Gasteiger partial charge in [-0.25, -0.2) is 0 Å². The SMILES string of the molecule is C#CCNCCOc1ccc(Br)cc1. The fourth-order valence-corrected chi connectivity index (χ4v) is 1.20. The zero-order chi connectivity index (χ0) is 10.2. The molecule has 0 fully saturated rings. The quantitative estimate of drug-likeness (QED) is 0.641. The van der Waals surface area contributed by atoms with Crippen LogP contribution in [0.3, 0.4) is 0 Å². The molecule has 0 aromatic heterocycles. The van der Waals surface area contributed by atoms with Gasteiger partial charge in [0.25, 0.3) is 0 Å². The van der Waals surface area contributed by atoms with E-state index in [9.17, 15) is 0 Å². The van der Waals surface area contributed by atoms with Gasteiger partial charge in [-0.15, -0.1) is 6.42 Å². The second-order valence-electron chi connectivity index (χ2n) is 2.68. The molecule has 1 aromatic rings. The molecular weight excluding hydrogens is 242 g/mol. The Balaban J connectivity index is 2.19. The Labute approximate surface area is 92.8 Å². The summed E-state index contributed by atoms with van der Waals surface area (Å²) < 4.78 is 6.51. The Bertz CT molecular complexity index is 302. The van der Waals surface area contributed by atoms with Crippen LogP contribution < -0.4 is 10.1 Å². The van der Waals surface area contributed by atoms with Crippen LogP contribution in [0.15, 0.2) is 28.7 Å². The lowest BCUT2D eigenvalue weighted by molar-refractivity contribution is 0.316. The Hall–Kier alpha value is -0.980. The number of terminal acetylenes is 1. The first-order valence-corrected chi connectivity index (χ1v) is 5.15. The Morgan fingerprint density at radius 1 is 1.36 bits per heavy atom. The molecule has 0 spiro atoms. The highest BCUT2D eigenvalue weighted by Crippen LogP contribution is 2.15. The molecule has 74 valence electrons. The van der Waals surface area contributed by atoms with Gasteiger partial charge in [-0.1, -0.05) is 21.9 Å². The summed E-state index contributed by atoms with van der Waals surface area (Å²) in [4.78, 5) is 0. The first-order chi connectivity index (χ1) is 6.83. The van der Waals surface area contributed by atoms with E-state index >= 15 is 0 Å². The van der Waals surface area contributed by atoms with Crippen molar-refractivity contribution in [3.05, 3.63) is 28.7 Å². The van der Waals surface area contributed by atoms with Crippen molar-refractivity contribution >= 4 is 15.9 Å². The minimum atomic E-state index is 0.587. The van der Waals surface area contributed by atoms with Crippen LogP contribution in [-0.2, 0) is 0 Å². The molecule has 0 atom stereocenters. The van der Waals surface area contributed by atoms with Crippen molar-refractivity contribution in [2.24, 2.45) is 0 Å². The van der Waals surface area contributed by atoms with Crippen molar-refractivity contribution in [3.8, 4) is 18.1 Å². The third kappa shape index (κ3) is 4.31. The van der Waals surface area contributed by atoms with E-state index in [-0.39, 0.29) is 0 Å². The zero-order valence-electron chi connectivity index (χ0n) is 7.79. The second kappa shape index (κ2) is 6.47. The molecule has 0 radical (unpaired) electrons. The maximum atomic E-state index is 5.46. The standard InChI is InChI=1S/C11H12BrNO/c1-2-7-13-8-9-14-11-5-3-10(12)4-6-11/h1,3-6,13H,7-9H2. The highest BCUT2D eigenvalue weighted by molar-refractivity contribution is 9.10. The number of benzene rings is 1. The number of rotatable bonds is 5. The van der Waals surface area contributed by atoms with Gasteiger partial charge in [0.05, 0.1) is 6.54 Å². The molecule has 1 N–H and O–H groups in total. The molecule has 0 aliphatic rings. The summed E-state index contributed by atoms with van der Waals surface area (Å²) in [5, 5.41) is 3.05. The summed E-state index contributed by atoms with van der Waals surface area (Å²) in [5.74, 6) is 3.37. The van der Waals surface area contributed by atoms with Crippen LogP contribution in [0.4, 0.5) is 0 Å². The third-order valence-electron chi connectivity index (χ3n) is 1.59. The molecule has 0 saturated heterocycles. The first kappa shape index (κ1) is 11.1. The predicted molar refractivity (Wildman–Crippen MR) is 61.3 cm³/mol. The molecule has 0 saturated carbocycles. The van der Waals surface area contributed by atoms with Crippen molar-refractivity contribution in [1.29, 1.82) is 0 Å². The molecule has 0 bridgehead atoms. The van der Waals surface area contributed by atoms with Gasteiger partial charge in [0.1, 0.15) is 12.4 Å². The van der Waals surface area contributed by atoms with Crippen molar-refractivity contribution in [3.63, 3.8) is 0 Å². The Kier molecular flexibility index (Phi) is 5.13. The van der Waals surface area contributed by atoms with Crippen molar-refractivity contribution in [1.82, 2.24) is 5.32 Å². The second-order valence-corrected chi connectivity index (χ2v) is 3.60. The van der Waals surface area contributed by atoms with E-state index in [2.05, 4.69) is 27.2 Å². The number of hydrogen-bond acceptors (Lipinski definition) is 2. The number of nitrogens with one attached hydrogen (secondary N) is 1. The molecule has 1 aromatic carbocycles. The molecule has 0 aliphatic heterocycles. The van der Waals surface area contributed by atoms with Crippen molar-refractivity contribution in [2.75, 3.05) is 19.7 Å². The van der Waals surface area contributed by atoms with E-state index < -0.39 is 0 Å². The van der Waals surface area contributed by atoms with E-state index in [0.29, 0.717) is 13.2 Å². The number of halogens is 1. The van der Waals surface area contributed by atoms with E-state index in [1.165, 1.54) is 0 Å². The van der Waals surface area contributed by atoms with Crippen LogP contribution in [0.25, 0.3) is 0 Å². The highest BCUT2D eigenvalue weighted by Gasteiger charge is 1.92. The van der Waals surface area contributed by atoms with E-state index in [0.717, 1.165) is 16.8 Å². The van der Waals surface area contributed by atoms with Gasteiger partial charge in [0, 0.05) is 11.0 Å². The fraction of sp³-hybridized carbons (Fsp3) is 0.273. The average Bonchev–Trinajstić information content (AvgIpc) is 2.21. The molecule has 0 heterocycles. The molecule has 2 nitrogen and oxygen atoms in total. The number of hydrogen-bond donors (Lipinski definition) is 1. The summed E-state index contributed by atoms with van der Waals surface area (Å²) >= 11 is 3.36. The largest absolute Gasteiger partial charge is 0.492 e. The summed E-state index contributed by atoms with van der Waals surface area (Å²) in [6.45, 7) is 1.98. The minimum Gasteiger partial charge on any atom is -0.492 e. The van der Waals surface area contributed by atoms with E-state index in [4.69, 9.17) is 11.2 Å². The maximum Gasteiger partial charge on any atom is 0.119 e. The van der Waals surface area contributed by atoms with Crippen LogP contribution in [0.5, 0.6) is 5.75 Å². The molecule has 0 amide bonds. The van der Waals surface area contributed by atoms with Crippen molar-refractivity contribution < 1.29 is 4.74 Å². The lowest BCUT2D eigenvalue weighted by Crippen LogP contribution is -2.21. The molecule has 1 rings (SSSR count). The van der Waals surface area contributed by atoms with Gasteiger partial charge in [-0.2, -0.15) is 0 Å². The van der Waals surface area contributed by atoms with Crippen LogP contribution in [0.2, 0.25) is 0 Å². The molecule has 0 unspecified atom stereocenters. The summed E-state index contributed by atoms with van der Waals surface area (Å²) in [7, 11) is 0. The highest BCUT2D eigenvalue weighted by atomic mass is 79.9. The van der Waals surface area contributed by atoms with Crippen molar-refractivity contribution in [2.45, 2.75) is 0 Å². The Morgan fingerprint density at radius 3 is 2.71 bits per heavy atom. The minimum absolute atomic E-state index is 0.587. The van der Waals surface area contributed by atoms with Gasteiger partial charge >= 0.3 is 0 Å². The van der Waals surface area contributed by atoms with Crippen LogP contribution in [0.1, 0.15) is 0 Å². The van der Waals surface area contributed by atoms with Crippen LogP contribution in [-0.4, -0.2) is 19.7 Å². The summed E-state index contributed by atoms with van der Waals surface area (Å²) in [6.07, 6.45) is 5.08. The smallest absolute Gasteiger partial charge is 0.119 e. The first-order valence-electron chi connectivity index (χ1n) is 4.35. The maximum absolute atomic E-state index is 5.46. The Morgan fingerprint density at radius 2 is 2.07 bits per heavy atom. The van der Waals surface area contributed by atoms with E-state index in [1.54, 1.807) is 0 Å². The molecule has 0 aliphatic carbocycles. The van der Waals surface area contributed by atoms with E-state index in [1.807, 2.05) is 24.3 Å². The topological polar surface area (TPSA) is 21.3 Å². The van der Waals surface area contributed by atoms with Gasteiger partial charge in [-0.05, 0) is 24.3 Å². The molecule has 3 heteroatoms. The normalized spacial score (nSPS) is 9.43.